The van der Waals surface area contributed by atoms with Gasteiger partial charge >= 0.3 is 0 Å². The maximum Gasteiger partial charge on any atom is 0.277 e. The zero-order valence-electron chi connectivity index (χ0n) is 19.2. The number of aryl methyl sites for hydroxylation is 1. The minimum atomic E-state index is -0.405. The fourth-order valence-corrected chi connectivity index (χ4v) is 5.07. The zero-order chi connectivity index (χ0) is 23.1. The van der Waals surface area contributed by atoms with Crippen LogP contribution in [0.25, 0.3) is 16.8 Å². The molecule has 2 saturated heterocycles. The average Bonchev–Trinajstić information content (AvgIpc) is 3.50. The number of likely N-dealkylation sites (tertiary alicyclic amines) is 1. The lowest BCUT2D eigenvalue weighted by atomic mass is 9.96. The Bertz CT molecular complexity index is 1150. The fraction of sp³-hybridized carbons (Fsp3) is 0.480. The molecule has 3 aliphatic rings. The molecule has 0 bridgehead atoms. The molecule has 174 valence electrons. The molecule has 8 nitrogen and oxygen atoms in total. The van der Waals surface area contributed by atoms with Gasteiger partial charge in [0.1, 0.15) is 5.70 Å². The predicted molar refractivity (Wildman–Crippen MR) is 124 cm³/mol. The van der Waals surface area contributed by atoms with Crippen molar-refractivity contribution in [2.75, 3.05) is 26.2 Å². The van der Waals surface area contributed by atoms with Crippen molar-refractivity contribution in [3.8, 4) is 11.3 Å². The lowest BCUT2D eigenvalue weighted by Gasteiger charge is -2.32. The molecule has 2 amide bonds. The molecule has 1 aromatic heterocycles. The normalized spacial score (nSPS) is 22.2. The van der Waals surface area contributed by atoms with Crippen LogP contribution in [-0.4, -0.2) is 63.7 Å². The first kappa shape index (κ1) is 21.7. The van der Waals surface area contributed by atoms with Crippen molar-refractivity contribution in [3.63, 3.8) is 0 Å². The summed E-state index contributed by atoms with van der Waals surface area (Å²) in [7, 11) is 1.63. The number of carbonyl (C=O) groups excluding carboxylic acids is 2. The highest BCUT2D eigenvalue weighted by molar-refractivity contribution is 6.36. The molecule has 33 heavy (non-hydrogen) atoms. The number of nitrogens with zero attached hydrogens (tertiary/aromatic N) is 3. The Hall–Kier alpha value is -3.13. The van der Waals surface area contributed by atoms with E-state index in [9.17, 15) is 14.4 Å². The first-order chi connectivity index (χ1) is 16.0. The van der Waals surface area contributed by atoms with E-state index in [1.54, 1.807) is 7.05 Å². The second kappa shape index (κ2) is 8.67. The van der Waals surface area contributed by atoms with Crippen LogP contribution < -0.4 is 5.56 Å². The van der Waals surface area contributed by atoms with Crippen LogP contribution >= 0.6 is 0 Å². The van der Waals surface area contributed by atoms with Crippen LogP contribution in [0.15, 0.2) is 40.8 Å². The number of rotatable bonds is 5. The van der Waals surface area contributed by atoms with Gasteiger partial charge in [-0.05, 0) is 31.6 Å². The van der Waals surface area contributed by atoms with Gasteiger partial charge in [-0.2, -0.15) is 0 Å². The number of imide groups is 1. The summed E-state index contributed by atoms with van der Waals surface area (Å²) >= 11 is 0. The molecule has 1 aromatic carbocycles. The number of ether oxygens (including phenoxy) is 1. The summed E-state index contributed by atoms with van der Waals surface area (Å²) in [5.74, 6) is -0.152. The third-order valence-corrected chi connectivity index (χ3v) is 7.01. The van der Waals surface area contributed by atoms with Gasteiger partial charge in [-0.25, -0.2) is 0 Å². The van der Waals surface area contributed by atoms with E-state index in [1.807, 2.05) is 35.2 Å². The standard InChI is InChI=1S/C25H30N4O4/c1-16-10-12-28(13-11-16)22-20(24(31)29(25(22)32)15-18-9-6-14-33-18)19-21(26-27(2)23(19)30)17-7-4-3-5-8-17/h3-5,7-8,16,18,26H,6,9-15H2,1-2H3. The zero-order valence-corrected chi connectivity index (χ0v) is 19.2. The molecule has 4 heterocycles. The highest BCUT2D eigenvalue weighted by Gasteiger charge is 2.45. The quantitative estimate of drug-likeness (QED) is 0.707. The number of carbonyl (C=O) groups is 2. The number of nitrogens with one attached hydrogen (secondary N) is 1. The Morgan fingerprint density at radius 2 is 1.76 bits per heavy atom. The molecular weight excluding hydrogens is 420 g/mol. The topological polar surface area (TPSA) is 87.6 Å². The number of amides is 2. The van der Waals surface area contributed by atoms with Gasteiger partial charge in [0.25, 0.3) is 17.4 Å². The molecule has 5 rings (SSSR count). The molecule has 2 fully saturated rings. The second-order valence-corrected chi connectivity index (χ2v) is 9.34. The van der Waals surface area contributed by atoms with Gasteiger partial charge in [-0.1, -0.05) is 37.3 Å². The summed E-state index contributed by atoms with van der Waals surface area (Å²) in [6.07, 6.45) is 3.49. The largest absolute Gasteiger partial charge is 0.376 e. The van der Waals surface area contributed by atoms with E-state index in [0.29, 0.717) is 37.0 Å². The molecule has 0 radical (unpaired) electrons. The number of hydrogen-bond acceptors (Lipinski definition) is 5. The lowest BCUT2D eigenvalue weighted by molar-refractivity contribution is -0.139. The van der Waals surface area contributed by atoms with Crippen molar-refractivity contribution in [1.82, 2.24) is 19.6 Å². The molecule has 2 aromatic rings. The maximum absolute atomic E-state index is 13.8. The monoisotopic (exact) mass is 450 g/mol. The van der Waals surface area contributed by atoms with Crippen LogP contribution in [0.5, 0.6) is 0 Å². The second-order valence-electron chi connectivity index (χ2n) is 9.34. The molecule has 1 atom stereocenters. The highest BCUT2D eigenvalue weighted by Crippen LogP contribution is 2.36. The molecule has 8 heteroatoms. The summed E-state index contributed by atoms with van der Waals surface area (Å²) in [4.78, 5) is 44.0. The Labute approximate surface area is 192 Å². The molecule has 0 saturated carbocycles. The summed E-state index contributed by atoms with van der Waals surface area (Å²) in [5, 5.41) is 3.10. The number of benzene rings is 1. The number of H-pyrrole nitrogens is 1. The average molecular weight is 451 g/mol. The third kappa shape index (κ3) is 3.82. The number of piperidine rings is 1. The van der Waals surface area contributed by atoms with Gasteiger partial charge in [-0.3, -0.25) is 29.1 Å². The first-order valence-electron chi connectivity index (χ1n) is 11.8. The van der Waals surface area contributed by atoms with Crippen LogP contribution in [0.1, 0.15) is 38.2 Å². The van der Waals surface area contributed by atoms with E-state index in [-0.39, 0.29) is 35.3 Å². The van der Waals surface area contributed by atoms with Gasteiger partial charge in [-0.15, -0.1) is 0 Å². The molecule has 3 aliphatic heterocycles. The van der Waals surface area contributed by atoms with Crippen molar-refractivity contribution >= 4 is 17.4 Å². The predicted octanol–water partition coefficient (Wildman–Crippen LogP) is 2.37. The van der Waals surface area contributed by atoms with Gasteiger partial charge in [0, 0.05) is 32.3 Å². The molecule has 0 aliphatic carbocycles. The molecule has 1 N–H and O–H groups in total. The lowest BCUT2D eigenvalue weighted by Crippen LogP contribution is -2.41. The Kier molecular flexibility index (Phi) is 5.70. The molecular formula is C25H30N4O4. The van der Waals surface area contributed by atoms with Crippen molar-refractivity contribution < 1.29 is 14.3 Å². The van der Waals surface area contributed by atoms with Crippen molar-refractivity contribution in [2.24, 2.45) is 13.0 Å². The van der Waals surface area contributed by atoms with Gasteiger partial charge in [0.05, 0.1) is 29.5 Å². The number of hydrogen-bond donors (Lipinski definition) is 1. The van der Waals surface area contributed by atoms with Crippen LogP contribution in [-0.2, 0) is 21.4 Å². The molecule has 0 spiro atoms. The van der Waals surface area contributed by atoms with E-state index < -0.39 is 5.91 Å². The van der Waals surface area contributed by atoms with Crippen molar-refractivity contribution in [2.45, 2.75) is 38.7 Å². The minimum Gasteiger partial charge on any atom is -0.376 e. The first-order valence-corrected chi connectivity index (χ1v) is 11.8. The molecule has 1 unspecified atom stereocenters. The highest BCUT2D eigenvalue weighted by atomic mass is 16.5. The van der Waals surface area contributed by atoms with Crippen molar-refractivity contribution in [1.29, 1.82) is 0 Å². The van der Waals surface area contributed by atoms with E-state index >= 15 is 0 Å². The van der Waals surface area contributed by atoms with Crippen LogP contribution in [0.4, 0.5) is 0 Å². The van der Waals surface area contributed by atoms with Gasteiger partial charge < -0.3 is 9.64 Å². The fourth-order valence-electron chi connectivity index (χ4n) is 5.07. The number of aromatic nitrogens is 2. The van der Waals surface area contributed by atoms with Crippen molar-refractivity contribution in [3.05, 3.63) is 51.9 Å². The van der Waals surface area contributed by atoms with Crippen LogP contribution in [0, 0.1) is 5.92 Å². The van der Waals surface area contributed by atoms with E-state index in [1.165, 1.54) is 9.58 Å². The maximum atomic E-state index is 13.8. The summed E-state index contributed by atoms with van der Waals surface area (Å²) < 4.78 is 7.09. The van der Waals surface area contributed by atoms with Crippen LogP contribution in [0.3, 0.4) is 0 Å². The Balaban J connectivity index is 1.64. The Morgan fingerprint density at radius 1 is 1.03 bits per heavy atom. The Morgan fingerprint density at radius 3 is 2.42 bits per heavy atom. The van der Waals surface area contributed by atoms with Gasteiger partial charge in [0.15, 0.2) is 0 Å². The van der Waals surface area contributed by atoms with E-state index in [4.69, 9.17) is 4.74 Å². The number of aromatic amines is 1. The summed E-state index contributed by atoms with van der Waals surface area (Å²) in [6, 6.07) is 9.46. The van der Waals surface area contributed by atoms with E-state index in [2.05, 4.69) is 12.0 Å². The van der Waals surface area contributed by atoms with Gasteiger partial charge in [0.2, 0.25) is 0 Å². The van der Waals surface area contributed by atoms with Crippen LogP contribution in [0.2, 0.25) is 0 Å². The SMILES string of the molecule is CC1CCN(C2=C(c3c(-c4ccccc4)[nH]n(C)c3=O)C(=O)N(CC3CCCO3)C2=O)CC1. The minimum absolute atomic E-state index is 0.150. The third-order valence-electron chi connectivity index (χ3n) is 7.01. The summed E-state index contributed by atoms with van der Waals surface area (Å²) in [6.45, 7) is 4.46. The smallest absolute Gasteiger partial charge is 0.277 e. The summed E-state index contributed by atoms with van der Waals surface area (Å²) in [5.41, 5.74) is 1.88. The van der Waals surface area contributed by atoms with E-state index in [0.717, 1.165) is 31.2 Å².